The van der Waals surface area contributed by atoms with Crippen molar-refractivity contribution < 1.29 is 4.39 Å². The van der Waals surface area contributed by atoms with E-state index in [2.05, 4.69) is 5.10 Å². The largest absolute Gasteiger partial charge is 0.276 e. The lowest BCUT2D eigenvalue weighted by Crippen LogP contribution is -2.22. The molecule has 0 fully saturated rings. The Morgan fingerprint density at radius 1 is 1.09 bits per heavy atom. The molecule has 0 spiro atoms. The van der Waals surface area contributed by atoms with E-state index < -0.39 is 0 Å². The Morgan fingerprint density at radius 2 is 1.78 bits per heavy atom. The minimum absolute atomic E-state index is 0.169. The molecule has 0 bridgehead atoms. The molecule has 1 atom stereocenters. The Hall–Kier alpha value is -1.84. The van der Waals surface area contributed by atoms with Crippen molar-refractivity contribution in [2.75, 3.05) is 7.05 Å². The van der Waals surface area contributed by atoms with Crippen molar-refractivity contribution in [1.29, 1.82) is 0 Å². The van der Waals surface area contributed by atoms with Gasteiger partial charge in [0.2, 0.25) is 0 Å². The molecule has 118 valence electrons. The van der Waals surface area contributed by atoms with Gasteiger partial charge in [0.1, 0.15) is 5.82 Å². The first-order valence-corrected chi connectivity index (χ1v) is 7.92. The van der Waals surface area contributed by atoms with Crippen LogP contribution in [0.4, 0.5) is 4.39 Å². The maximum Gasteiger partial charge on any atom is 0.132 e. The highest BCUT2D eigenvalue weighted by molar-refractivity contribution is 6.32. The summed E-state index contributed by atoms with van der Waals surface area (Å²) in [6, 6.07) is 12.2. The summed E-state index contributed by atoms with van der Waals surface area (Å²) in [5.41, 5.74) is 3.06. The smallest absolute Gasteiger partial charge is 0.132 e. The van der Waals surface area contributed by atoms with Gasteiger partial charge in [-0.3, -0.25) is 5.01 Å². The lowest BCUT2D eigenvalue weighted by Gasteiger charge is -2.28. The zero-order valence-corrected chi connectivity index (χ0v) is 14.2. The number of benzene rings is 2. The van der Waals surface area contributed by atoms with E-state index >= 15 is 0 Å². The van der Waals surface area contributed by atoms with Gasteiger partial charge in [0.15, 0.2) is 0 Å². The summed E-state index contributed by atoms with van der Waals surface area (Å²) in [5, 5.41) is 7.20. The van der Waals surface area contributed by atoms with Gasteiger partial charge in [0.05, 0.1) is 10.9 Å². The number of rotatable bonds is 2. The monoisotopic (exact) mass is 348 g/mol. The standard InChI is InChI=1S/C18H15Cl2FN2/c1-11-17(12-6-8-13(19)9-7-12)14(10-23(2)22-11)18-15(20)4-3-5-16(18)21/h3-10,17H,1-2H3. The van der Waals surface area contributed by atoms with Crippen LogP contribution < -0.4 is 0 Å². The van der Waals surface area contributed by atoms with Gasteiger partial charge in [-0.25, -0.2) is 4.39 Å². The van der Waals surface area contributed by atoms with E-state index in [9.17, 15) is 4.39 Å². The van der Waals surface area contributed by atoms with Crippen molar-refractivity contribution in [2.45, 2.75) is 12.8 Å². The number of allylic oxidation sites excluding steroid dienone is 1. The molecule has 2 aromatic carbocycles. The zero-order valence-electron chi connectivity index (χ0n) is 12.7. The van der Waals surface area contributed by atoms with Gasteiger partial charge in [-0.15, -0.1) is 0 Å². The summed E-state index contributed by atoms with van der Waals surface area (Å²) in [4.78, 5) is 0. The molecule has 2 nitrogen and oxygen atoms in total. The highest BCUT2D eigenvalue weighted by Crippen LogP contribution is 2.40. The van der Waals surface area contributed by atoms with Crippen molar-refractivity contribution in [3.05, 3.63) is 75.7 Å². The van der Waals surface area contributed by atoms with Gasteiger partial charge in [-0.05, 0) is 42.3 Å². The van der Waals surface area contributed by atoms with Crippen molar-refractivity contribution in [2.24, 2.45) is 5.10 Å². The molecule has 0 radical (unpaired) electrons. The number of hydrogen-bond acceptors (Lipinski definition) is 2. The first-order valence-electron chi connectivity index (χ1n) is 7.17. The van der Waals surface area contributed by atoms with Crippen LogP contribution in [-0.4, -0.2) is 17.8 Å². The highest BCUT2D eigenvalue weighted by atomic mass is 35.5. The second-order valence-corrected chi connectivity index (χ2v) is 6.32. The second kappa shape index (κ2) is 6.34. The number of nitrogens with zero attached hydrogens (tertiary/aromatic N) is 2. The van der Waals surface area contributed by atoms with Crippen LogP contribution in [0.25, 0.3) is 5.57 Å². The van der Waals surface area contributed by atoms with Gasteiger partial charge in [0, 0.05) is 29.5 Å². The molecule has 0 N–H and O–H groups in total. The van der Waals surface area contributed by atoms with E-state index in [1.807, 2.05) is 44.4 Å². The van der Waals surface area contributed by atoms with E-state index in [1.54, 1.807) is 17.1 Å². The first kappa shape index (κ1) is 16.0. The number of halogens is 3. The van der Waals surface area contributed by atoms with Crippen LogP contribution in [0.3, 0.4) is 0 Å². The maximum atomic E-state index is 14.4. The van der Waals surface area contributed by atoms with Crippen molar-refractivity contribution in [3.63, 3.8) is 0 Å². The average Bonchev–Trinajstić information content (AvgIpc) is 2.48. The molecule has 1 unspecified atom stereocenters. The fourth-order valence-corrected chi connectivity index (χ4v) is 3.29. The summed E-state index contributed by atoms with van der Waals surface area (Å²) in [7, 11) is 1.82. The van der Waals surface area contributed by atoms with Crippen LogP contribution in [0.2, 0.25) is 10.0 Å². The molecule has 23 heavy (non-hydrogen) atoms. The van der Waals surface area contributed by atoms with E-state index in [0.29, 0.717) is 15.6 Å². The molecule has 5 heteroatoms. The van der Waals surface area contributed by atoms with Gasteiger partial charge in [0.25, 0.3) is 0 Å². The van der Waals surface area contributed by atoms with Crippen molar-refractivity contribution in [3.8, 4) is 0 Å². The van der Waals surface area contributed by atoms with Gasteiger partial charge in [-0.1, -0.05) is 41.4 Å². The molecule has 0 aromatic heterocycles. The summed E-state index contributed by atoms with van der Waals surface area (Å²) in [5.74, 6) is -0.510. The van der Waals surface area contributed by atoms with Crippen LogP contribution in [0.1, 0.15) is 24.0 Å². The Morgan fingerprint density at radius 3 is 2.43 bits per heavy atom. The average molecular weight is 349 g/mol. The molecule has 1 aliphatic rings. The minimum Gasteiger partial charge on any atom is -0.276 e. The molecule has 2 aromatic rings. The summed E-state index contributed by atoms with van der Waals surface area (Å²) in [6.45, 7) is 1.93. The van der Waals surface area contributed by atoms with E-state index in [4.69, 9.17) is 23.2 Å². The van der Waals surface area contributed by atoms with Crippen molar-refractivity contribution in [1.82, 2.24) is 5.01 Å². The number of hydrazone groups is 1. The molecule has 3 rings (SSSR count). The summed E-state index contributed by atoms with van der Waals surface area (Å²) in [6.07, 6.45) is 1.82. The molecule has 1 heterocycles. The predicted molar refractivity (Wildman–Crippen MR) is 94.5 cm³/mol. The molecular weight excluding hydrogens is 334 g/mol. The third-order valence-corrected chi connectivity index (χ3v) is 4.39. The number of hydrogen-bond donors (Lipinski definition) is 0. The molecule has 0 amide bonds. The third-order valence-electron chi connectivity index (χ3n) is 3.82. The SMILES string of the molecule is CC1=NN(C)C=C(c2c(F)cccc2Cl)C1c1ccc(Cl)cc1. The quantitative estimate of drug-likeness (QED) is 0.691. The normalized spacial score (nSPS) is 17.8. The Balaban J connectivity index is 2.17. The van der Waals surface area contributed by atoms with E-state index in [1.165, 1.54) is 6.07 Å². The second-order valence-electron chi connectivity index (χ2n) is 5.48. The predicted octanol–water partition coefficient (Wildman–Crippen LogP) is 5.58. The molecule has 0 saturated carbocycles. The Bertz CT molecular complexity index is 777. The maximum absolute atomic E-state index is 14.4. The highest BCUT2D eigenvalue weighted by Gasteiger charge is 2.28. The van der Waals surface area contributed by atoms with E-state index in [-0.39, 0.29) is 11.7 Å². The van der Waals surface area contributed by atoms with Crippen LogP contribution >= 0.6 is 23.2 Å². The Kier molecular flexibility index (Phi) is 4.42. The van der Waals surface area contributed by atoms with Gasteiger partial charge < -0.3 is 0 Å². The molecule has 0 saturated heterocycles. The minimum atomic E-state index is -0.342. The topological polar surface area (TPSA) is 15.6 Å². The summed E-state index contributed by atoms with van der Waals surface area (Å²) < 4.78 is 14.4. The molecule has 0 aliphatic carbocycles. The molecule has 1 aliphatic heterocycles. The van der Waals surface area contributed by atoms with Crippen LogP contribution in [0, 0.1) is 5.82 Å². The molecular formula is C18H15Cl2FN2. The van der Waals surface area contributed by atoms with Crippen molar-refractivity contribution >= 4 is 34.5 Å². The van der Waals surface area contributed by atoms with Crippen LogP contribution in [-0.2, 0) is 0 Å². The lowest BCUT2D eigenvalue weighted by atomic mass is 9.83. The van der Waals surface area contributed by atoms with Crippen LogP contribution in [0.15, 0.2) is 53.8 Å². The van der Waals surface area contributed by atoms with Gasteiger partial charge in [-0.2, -0.15) is 5.10 Å². The Labute approximate surface area is 144 Å². The first-order chi connectivity index (χ1) is 11.0. The van der Waals surface area contributed by atoms with Crippen LogP contribution in [0.5, 0.6) is 0 Å². The fraction of sp³-hybridized carbons (Fsp3) is 0.167. The van der Waals surface area contributed by atoms with Gasteiger partial charge >= 0.3 is 0 Å². The summed E-state index contributed by atoms with van der Waals surface area (Å²) >= 11 is 12.3. The lowest BCUT2D eigenvalue weighted by molar-refractivity contribution is 0.480. The fourth-order valence-electron chi connectivity index (χ4n) is 2.89. The zero-order chi connectivity index (χ0) is 16.6. The third kappa shape index (κ3) is 3.12. The van der Waals surface area contributed by atoms with E-state index in [0.717, 1.165) is 16.8 Å².